The maximum Gasteiger partial charge on any atom is 0.573 e. The minimum Gasteiger partial charge on any atom is -0.439 e. The van der Waals surface area contributed by atoms with Crippen LogP contribution in [0.25, 0.3) is 0 Å². The minimum atomic E-state index is -4.74. The van der Waals surface area contributed by atoms with Crippen molar-refractivity contribution in [2.24, 2.45) is 0 Å². The molecular formula is C15H15F3N2O2. The summed E-state index contributed by atoms with van der Waals surface area (Å²) in [5, 5.41) is 0. The van der Waals surface area contributed by atoms with Crippen LogP contribution in [0.3, 0.4) is 0 Å². The van der Waals surface area contributed by atoms with Gasteiger partial charge >= 0.3 is 6.36 Å². The van der Waals surface area contributed by atoms with Gasteiger partial charge in [-0.15, -0.1) is 13.2 Å². The average Bonchev–Trinajstić information content (AvgIpc) is 2.36. The van der Waals surface area contributed by atoms with Crippen molar-refractivity contribution in [2.75, 3.05) is 0 Å². The molecule has 0 radical (unpaired) electrons. The number of ether oxygens (including phenoxy) is 2. The molecule has 0 spiro atoms. The number of alkyl halides is 3. The van der Waals surface area contributed by atoms with Crippen LogP contribution in [0, 0.1) is 6.92 Å². The van der Waals surface area contributed by atoms with E-state index < -0.39 is 6.36 Å². The number of benzene rings is 1. The number of hydrogen-bond acceptors (Lipinski definition) is 4. The third kappa shape index (κ3) is 4.61. The van der Waals surface area contributed by atoms with Crippen molar-refractivity contribution in [3.05, 3.63) is 41.9 Å². The van der Waals surface area contributed by atoms with Crippen molar-refractivity contribution in [1.29, 1.82) is 0 Å². The van der Waals surface area contributed by atoms with Crippen LogP contribution >= 0.6 is 0 Å². The molecule has 0 amide bonds. The predicted molar refractivity (Wildman–Crippen MR) is 74.1 cm³/mol. The third-order valence-electron chi connectivity index (χ3n) is 2.63. The average molecular weight is 312 g/mol. The van der Waals surface area contributed by atoms with Gasteiger partial charge in [0, 0.05) is 23.7 Å². The number of halogens is 3. The number of nitrogens with zero attached hydrogens (tertiary/aromatic N) is 2. The molecule has 0 N–H and O–H groups in total. The second-order valence-corrected chi connectivity index (χ2v) is 4.99. The smallest absolute Gasteiger partial charge is 0.439 e. The Morgan fingerprint density at radius 3 is 2.36 bits per heavy atom. The molecule has 0 unspecified atom stereocenters. The van der Waals surface area contributed by atoms with Gasteiger partial charge in [-0.2, -0.15) is 4.98 Å². The van der Waals surface area contributed by atoms with Crippen molar-refractivity contribution in [2.45, 2.75) is 33.1 Å². The van der Waals surface area contributed by atoms with Gasteiger partial charge in [0.05, 0.1) is 0 Å². The molecule has 0 aliphatic rings. The van der Waals surface area contributed by atoms with Crippen LogP contribution in [-0.4, -0.2) is 16.3 Å². The highest BCUT2D eigenvalue weighted by Gasteiger charge is 2.31. The van der Waals surface area contributed by atoms with Gasteiger partial charge in [-0.25, -0.2) is 4.98 Å². The highest BCUT2D eigenvalue weighted by molar-refractivity contribution is 5.35. The van der Waals surface area contributed by atoms with E-state index in [9.17, 15) is 13.2 Å². The Labute approximate surface area is 125 Å². The quantitative estimate of drug-likeness (QED) is 0.827. The van der Waals surface area contributed by atoms with E-state index in [1.807, 2.05) is 13.8 Å². The standard InChI is InChI=1S/C15H15F3N2O2/c1-9(2)14-19-10(3)7-13(20-14)21-11-5-4-6-12(8-11)22-15(16,17)18/h4-9H,1-3H3. The first-order chi connectivity index (χ1) is 10.2. The van der Waals surface area contributed by atoms with Crippen molar-refractivity contribution >= 4 is 0 Å². The summed E-state index contributed by atoms with van der Waals surface area (Å²) in [7, 11) is 0. The highest BCUT2D eigenvalue weighted by Crippen LogP contribution is 2.28. The van der Waals surface area contributed by atoms with E-state index in [0.717, 1.165) is 11.8 Å². The zero-order valence-corrected chi connectivity index (χ0v) is 12.3. The summed E-state index contributed by atoms with van der Waals surface area (Å²) in [6, 6.07) is 6.90. The first kappa shape index (κ1) is 16.1. The minimum absolute atomic E-state index is 0.113. The zero-order valence-electron chi connectivity index (χ0n) is 12.3. The molecule has 0 aliphatic carbocycles. The van der Waals surface area contributed by atoms with Crippen LogP contribution in [0.5, 0.6) is 17.4 Å². The van der Waals surface area contributed by atoms with Gasteiger partial charge in [0.2, 0.25) is 5.88 Å². The molecule has 0 atom stereocenters. The van der Waals surface area contributed by atoms with E-state index in [4.69, 9.17) is 4.74 Å². The fourth-order valence-electron chi connectivity index (χ4n) is 1.73. The van der Waals surface area contributed by atoms with Gasteiger partial charge in [0.15, 0.2) is 0 Å². The van der Waals surface area contributed by atoms with Gasteiger partial charge in [0.25, 0.3) is 0 Å². The molecule has 0 bridgehead atoms. The molecule has 1 aromatic heterocycles. The van der Waals surface area contributed by atoms with Gasteiger partial charge in [0.1, 0.15) is 17.3 Å². The van der Waals surface area contributed by atoms with Crippen molar-refractivity contribution < 1.29 is 22.6 Å². The summed E-state index contributed by atoms with van der Waals surface area (Å²) in [5.41, 5.74) is 0.719. The number of aryl methyl sites for hydroxylation is 1. The fourth-order valence-corrected chi connectivity index (χ4v) is 1.73. The summed E-state index contributed by atoms with van der Waals surface area (Å²) in [4.78, 5) is 8.51. The second kappa shape index (κ2) is 6.21. The van der Waals surface area contributed by atoms with E-state index in [2.05, 4.69) is 14.7 Å². The summed E-state index contributed by atoms with van der Waals surface area (Å²) in [5.74, 6) is 0.856. The summed E-state index contributed by atoms with van der Waals surface area (Å²) in [6.07, 6.45) is -4.74. The highest BCUT2D eigenvalue weighted by atomic mass is 19.4. The largest absolute Gasteiger partial charge is 0.573 e. The molecule has 4 nitrogen and oxygen atoms in total. The molecule has 7 heteroatoms. The lowest BCUT2D eigenvalue weighted by Crippen LogP contribution is -2.17. The Kier molecular flexibility index (Phi) is 4.54. The number of aromatic nitrogens is 2. The molecule has 0 fully saturated rings. The van der Waals surface area contributed by atoms with E-state index in [-0.39, 0.29) is 23.3 Å². The van der Waals surface area contributed by atoms with E-state index in [1.165, 1.54) is 18.2 Å². The molecule has 1 aromatic carbocycles. The van der Waals surface area contributed by atoms with Gasteiger partial charge in [-0.3, -0.25) is 0 Å². The van der Waals surface area contributed by atoms with Crippen LogP contribution in [0.15, 0.2) is 30.3 Å². The molecular weight excluding hydrogens is 297 g/mol. The molecule has 118 valence electrons. The molecule has 22 heavy (non-hydrogen) atoms. The van der Waals surface area contributed by atoms with E-state index in [1.54, 1.807) is 13.0 Å². The SMILES string of the molecule is Cc1cc(Oc2cccc(OC(F)(F)F)c2)nc(C(C)C)n1. The molecule has 0 saturated heterocycles. The third-order valence-corrected chi connectivity index (χ3v) is 2.63. The molecule has 2 aromatic rings. The Balaban J connectivity index is 2.22. The summed E-state index contributed by atoms with van der Waals surface area (Å²) < 4.78 is 46.0. The topological polar surface area (TPSA) is 44.2 Å². The summed E-state index contributed by atoms with van der Waals surface area (Å²) >= 11 is 0. The Bertz CT molecular complexity index is 657. The van der Waals surface area contributed by atoms with Crippen LogP contribution in [0.1, 0.15) is 31.3 Å². The molecule has 1 heterocycles. The maximum absolute atomic E-state index is 12.2. The molecule has 0 saturated carbocycles. The van der Waals surface area contributed by atoms with Crippen LogP contribution in [0.4, 0.5) is 13.2 Å². The van der Waals surface area contributed by atoms with E-state index >= 15 is 0 Å². The lowest BCUT2D eigenvalue weighted by Gasteiger charge is -2.11. The maximum atomic E-state index is 12.2. The van der Waals surface area contributed by atoms with Crippen molar-refractivity contribution in [3.8, 4) is 17.4 Å². The van der Waals surface area contributed by atoms with Crippen molar-refractivity contribution in [1.82, 2.24) is 9.97 Å². The lowest BCUT2D eigenvalue weighted by molar-refractivity contribution is -0.274. The second-order valence-electron chi connectivity index (χ2n) is 4.99. The fraction of sp³-hybridized carbons (Fsp3) is 0.333. The van der Waals surface area contributed by atoms with Crippen LogP contribution < -0.4 is 9.47 Å². The lowest BCUT2D eigenvalue weighted by atomic mass is 10.2. The van der Waals surface area contributed by atoms with Gasteiger partial charge in [-0.05, 0) is 19.1 Å². The first-order valence-corrected chi connectivity index (χ1v) is 6.62. The van der Waals surface area contributed by atoms with Crippen LogP contribution in [-0.2, 0) is 0 Å². The monoisotopic (exact) mass is 312 g/mol. The first-order valence-electron chi connectivity index (χ1n) is 6.62. The van der Waals surface area contributed by atoms with Gasteiger partial charge < -0.3 is 9.47 Å². The predicted octanol–water partition coefficient (Wildman–Crippen LogP) is 4.60. The van der Waals surface area contributed by atoms with Crippen molar-refractivity contribution in [3.63, 3.8) is 0 Å². The molecule has 2 rings (SSSR count). The van der Waals surface area contributed by atoms with E-state index in [0.29, 0.717) is 5.82 Å². The normalized spacial score (nSPS) is 11.6. The summed E-state index contributed by atoms with van der Waals surface area (Å²) in [6.45, 7) is 5.68. The zero-order chi connectivity index (χ0) is 16.3. The Morgan fingerprint density at radius 1 is 1.05 bits per heavy atom. The molecule has 0 aliphatic heterocycles. The number of hydrogen-bond donors (Lipinski definition) is 0. The van der Waals surface area contributed by atoms with Crippen LogP contribution in [0.2, 0.25) is 0 Å². The van der Waals surface area contributed by atoms with Gasteiger partial charge in [-0.1, -0.05) is 19.9 Å². The number of rotatable bonds is 4. The Morgan fingerprint density at radius 2 is 1.73 bits per heavy atom. The Hall–Kier alpha value is -2.31.